The number of ether oxygens (including phenoxy) is 9. The molecule has 11 nitrogen and oxygen atoms in total. The van der Waals surface area contributed by atoms with E-state index in [1.54, 1.807) is 0 Å². The highest BCUT2D eigenvalue weighted by Gasteiger charge is 2.15. The number of rotatable bonds is 38. The van der Waals surface area contributed by atoms with Crippen LogP contribution in [0.25, 0.3) is 0 Å². The van der Waals surface area contributed by atoms with Gasteiger partial charge in [0.15, 0.2) is 0 Å². The van der Waals surface area contributed by atoms with Crippen LogP contribution in [-0.4, -0.2) is 124 Å². The summed E-state index contributed by atoms with van der Waals surface area (Å²) >= 11 is 0. The molecule has 1 amide bonds. The summed E-state index contributed by atoms with van der Waals surface area (Å²) < 4.78 is 49.2. The molecule has 11 heteroatoms. The minimum absolute atomic E-state index is 0.391. The lowest BCUT2D eigenvalue weighted by molar-refractivity contribution is -0.0231. The Hall–Kier alpha value is -1.05. The van der Waals surface area contributed by atoms with Gasteiger partial charge in [-0.3, -0.25) is 0 Å². The minimum Gasteiger partial charge on any atom is -0.444 e. The summed E-state index contributed by atoms with van der Waals surface area (Å²) in [7, 11) is 0. The zero-order valence-electron chi connectivity index (χ0n) is 30.8. The average Bonchev–Trinajstić information content (AvgIpc) is 3.03. The molecule has 47 heavy (non-hydrogen) atoms. The van der Waals surface area contributed by atoms with Gasteiger partial charge in [-0.2, -0.15) is 0 Å². The smallest absolute Gasteiger partial charge is 0.407 e. The lowest BCUT2D eigenvalue weighted by atomic mass is 10.0. The maximum Gasteiger partial charge on any atom is 0.407 e. The number of alkyl carbamates (subject to hydrolysis) is 1. The van der Waals surface area contributed by atoms with E-state index >= 15 is 0 Å². The van der Waals surface area contributed by atoms with Crippen molar-refractivity contribution in [3.05, 3.63) is 0 Å². The van der Waals surface area contributed by atoms with E-state index in [0.29, 0.717) is 106 Å². The topological polar surface area (TPSA) is 112 Å². The van der Waals surface area contributed by atoms with Gasteiger partial charge in [-0.15, -0.1) is 0 Å². The van der Waals surface area contributed by atoms with Crippen LogP contribution >= 0.6 is 0 Å². The first kappa shape index (κ1) is 46.0. The lowest BCUT2D eigenvalue weighted by Crippen LogP contribution is -2.34. The van der Waals surface area contributed by atoms with Gasteiger partial charge in [-0.05, 0) is 27.2 Å². The predicted molar refractivity (Wildman–Crippen MR) is 186 cm³/mol. The van der Waals surface area contributed by atoms with E-state index < -0.39 is 11.7 Å². The fourth-order valence-corrected chi connectivity index (χ4v) is 4.40. The van der Waals surface area contributed by atoms with Gasteiger partial charge < -0.3 is 47.9 Å². The van der Waals surface area contributed by atoms with E-state index in [-0.39, 0.29) is 0 Å². The highest BCUT2D eigenvalue weighted by molar-refractivity contribution is 5.67. The van der Waals surface area contributed by atoms with Crippen molar-refractivity contribution in [3.8, 4) is 0 Å². The van der Waals surface area contributed by atoms with E-state index in [2.05, 4.69) is 12.2 Å². The standard InChI is InChI=1S/C36H73NO10/c1-5-6-7-8-9-10-11-12-13-14-15-16-17-19-39-21-23-41-25-27-43-29-31-45-33-34-46-32-30-44-28-26-42-24-22-40-20-18-37-35(38)47-36(2,3)4/h5-34H2,1-4H3,(H,37,38). The monoisotopic (exact) mass is 680 g/mol. The summed E-state index contributed by atoms with van der Waals surface area (Å²) in [5.41, 5.74) is -0.505. The van der Waals surface area contributed by atoms with Crippen molar-refractivity contribution in [1.29, 1.82) is 0 Å². The zero-order chi connectivity index (χ0) is 34.4. The van der Waals surface area contributed by atoms with Crippen molar-refractivity contribution < 1.29 is 47.4 Å². The second-order valence-corrected chi connectivity index (χ2v) is 12.6. The molecule has 0 heterocycles. The molecule has 0 radical (unpaired) electrons. The first-order valence-corrected chi connectivity index (χ1v) is 18.5. The molecule has 0 spiro atoms. The first-order chi connectivity index (χ1) is 23.0. The number of hydrogen-bond donors (Lipinski definition) is 1. The second-order valence-electron chi connectivity index (χ2n) is 12.6. The van der Waals surface area contributed by atoms with Crippen molar-refractivity contribution in [1.82, 2.24) is 5.32 Å². The molecule has 0 bridgehead atoms. The maximum atomic E-state index is 11.5. The second kappa shape index (κ2) is 37.8. The Morgan fingerprint density at radius 3 is 1.00 bits per heavy atom. The quantitative estimate of drug-likeness (QED) is 0.0705. The minimum atomic E-state index is -0.505. The molecule has 0 aliphatic heterocycles. The fourth-order valence-electron chi connectivity index (χ4n) is 4.40. The van der Waals surface area contributed by atoms with Crippen LogP contribution < -0.4 is 5.32 Å². The SMILES string of the molecule is CCCCCCCCCCCCCCCOCCOCCOCCOCCOCCOCCOCCOCCNC(=O)OC(C)(C)C. The van der Waals surface area contributed by atoms with Crippen LogP contribution in [0.3, 0.4) is 0 Å². The highest BCUT2D eigenvalue weighted by atomic mass is 16.6. The number of hydrogen-bond acceptors (Lipinski definition) is 10. The van der Waals surface area contributed by atoms with Gasteiger partial charge in [-0.25, -0.2) is 4.79 Å². The number of carbonyl (C=O) groups is 1. The Labute approximate surface area is 287 Å². The molecule has 0 aromatic rings. The molecular formula is C36H73NO10. The van der Waals surface area contributed by atoms with Gasteiger partial charge in [0.05, 0.1) is 99.1 Å². The van der Waals surface area contributed by atoms with Gasteiger partial charge in [0.2, 0.25) is 0 Å². The summed E-state index contributed by atoms with van der Waals surface area (Å²) in [6.45, 7) is 16.8. The Kier molecular flexibility index (Phi) is 36.9. The number of unbranched alkanes of at least 4 members (excludes halogenated alkanes) is 12. The van der Waals surface area contributed by atoms with E-state index in [1.807, 2.05) is 20.8 Å². The van der Waals surface area contributed by atoms with Crippen LogP contribution in [0.1, 0.15) is 111 Å². The molecule has 0 saturated carbocycles. The van der Waals surface area contributed by atoms with Crippen LogP contribution in [0.5, 0.6) is 0 Å². The third-order valence-corrected chi connectivity index (χ3v) is 6.91. The van der Waals surface area contributed by atoms with E-state index in [4.69, 9.17) is 42.6 Å². The molecule has 0 aromatic carbocycles. The van der Waals surface area contributed by atoms with Crippen molar-refractivity contribution in [2.45, 2.75) is 117 Å². The molecule has 0 rings (SSSR count). The molecule has 0 aliphatic rings. The van der Waals surface area contributed by atoms with E-state index in [0.717, 1.165) is 13.0 Å². The van der Waals surface area contributed by atoms with Gasteiger partial charge in [0.1, 0.15) is 5.60 Å². The van der Waals surface area contributed by atoms with Crippen molar-refractivity contribution in [3.63, 3.8) is 0 Å². The van der Waals surface area contributed by atoms with Crippen LogP contribution in [0.15, 0.2) is 0 Å². The molecule has 0 unspecified atom stereocenters. The van der Waals surface area contributed by atoms with Crippen molar-refractivity contribution in [2.75, 3.05) is 112 Å². The van der Waals surface area contributed by atoms with Crippen molar-refractivity contribution >= 4 is 6.09 Å². The van der Waals surface area contributed by atoms with Crippen molar-refractivity contribution in [2.24, 2.45) is 0 Å². The van der Waals surface area contributed by atoms with Crippen LogP contribution in [0.2, 0.25) is 0 Å². The normalized spacial score (nSPS) is 11.7. The zero-order valence-corrected chi connectivity index (χ0v) is 30.8. The highest BCUT2D eigenvalue weighted by Crippen LogP contribution is 2.12. The number of amides is 1. The van der Waals surface area contributed by atoms with E-state index in [9.17, 15) is 4.79 Å². The lowest BCUT2D eigenvalue weighted by Gasteiger charge is -2.19. The third-order valence-electron chi connectivity index (χ3n) is 6.91. The largest absolute Gasteiger partial charge is 0.444 e. The fraction of sp³-hybridized carbons (Fsp3) is 0.972. The molecule has 0 fully saturated rings. The molecule has 282 valence electrons. The Morgan fingerprint density at radius 2 is 0.681 bits per heavy atom. The Morgan fingerprint density at radius 1 is 0.404 bits per heavy atom. The van der Waals surface area contributed by atoms with Gasteiger partial charge in [0.25, 0.3) is 0 Å². The van der Waals surface area contributed by atoms with Gasteiger partial charge in [-0.1, -0.05) is 84.0 Å². The number of nitrogens with one attached hydrogen (secondary N) is 1. The number of carbonyl (C=O) groups excluding carboxylic acids is 1. The van der Waals surface area contributed by atoms with E-state index in [1.165, 1.54) is 77.0 Å². The molecule has 0 aliphatic carbocycles. The van der Waals surface area contributed by atoms with Gasteiger partial charge >= 0.3 is 6.09 Å². The third kappa shape index (κ3) is 42.9. The van der Waals surface area contributed by atoms with Crippen LogP contribution in [0.4, 0.5) is 4.79 Å². The molecule has 0 aromatic heterocycles. The summed E-state index contributed by atoms with van der Waals surface area (Å²) in [4.78, 5) is 11.5. The van der Waals surface area contributed by atoms with Crippen LogP contribution in [-0.2, 0) is 42.6 Å². The van der Waals surface area contributed by atoms with Gasteiger partial charge in [0, 0.05) is 13.2 Å². The first-order valence-electron chi connectivity index (χ1n) is 18.5. The van der Waals surface area contributed by atoms with Crippen LogP contribution in [0, 0.1) is 0 Å². The summed E-state index contributed by atoms with van der Waals surface area (Å²) in [6, 6.07) is 0. The summed E-state index contributed by atoms with van der Waals surface area (Å²) in [5.74, 6) is 0. The molecule has 0 saturated heterocycles. The maximum absolute atomic E-state index is 11.5. The summed E-state index contributed by atoms with van der Waals surface area (Å²) in [6.07, 6.45) is 17.3. The molecular weight excluding hydrogens is 606 g/mol. The summed E-state index contributed by atoms with van der Waals surface area (Å²) in [5, 5.41) is 2.64. The predicted octanol–water partition coefficient (Wildman–Crippen LogP) is 6.74. The average molecular weight is 680 g/mol. The Bertz CT molecular complexity index is 621. The molecule has 0 atom stereocenters. The molecule has 1 N–H and O–H groups in total. The Balaban J connectivity index is 3.09.